The third-order valence-electron chi connectivity index (χ3n) is 5.15. The molecule has 5 amide bonds. The summed E-state index contributed by atoms with van der Waals surface area (Å²) in [5.41, 5.74) is 25.5. The van der Waals surface area contributed by atoms with Crippen LogP contribution in [0.1, 0.15) is 93.4 Å². The van der Waals surface area contributed by atoms with Gasteiger partial charge in [-0.05, 0) is 52.0 Å². The first-order chi connectivity index (χ1) is 21.8. The Bertz CT molecular complexity index is 857. The third kappa shape index (κ3) is 36.0. The standard InChI is InChI=1S/C19H36N6O5.2C4H11N3.C2H6/c1-4-10-21-19(30)14(8-6-7-9-20)25-17(28)12-23-18(29)13(3)24-16(27)11-22-15(26)5-2;2*1-2-3-7-4(5)6;1-2/h13-14H,4-12,20H2,1-3H3,(H,21,30)(H,22,26)(H,23,29)(H,24,27)(H,25,28);2*2-3H2,1H3,(H4,5,6,7);1-2H3/t13-,14-;;;/m0.../s1. The molecule has 0 saturated carbocycles. The quantitative estimate of drug-likeness (QED) is 0.0441. The molecular weight excluding hydrogens is 596 g/mol. The van der Waals surface area contributed by atoms with Gasteiger partial charge in [0.1, 0.15) is 12.1 Å². The molecule has 0 aromatic heterocycles. The van der Waals surface area contributed by atoms with Crippen LogP contribution < -0.4 is 55.3 Å². The Hall–Kier alpha value is -4.15. The molecule has 0 radical (unpaired) electrons. The molecule has 0 aromatic rings. The van der Waals surface area contributed by atoms with Crippen LogP contribution in [0.5, 0.6) is 0 Å². The molecule has 46 heavy (non-hydrogen) atoms. The summed E-state index contributed by atoms with van der Waals surface area (Å²) in [7, 11) is 0. The van der Waals surface area contributed by atoms with Gasteiger partial charge in [-0.15, -0.1) is 0 Å². The smallest absolute Gasteiger partial charge is 0.242 e. The van der Waals surface area contributed by atoms with Crippen molar-refractivity contribution in [3.05, 3.63) is 0 Å². The molecule has 0 fully saturated rings. The zero-order valence-electron chi connectivity index (χ0n) is 29.2. The van der Waals surface area contributed by atoms with E-state index < -0.39 is 29.8 Å². The van der Waals surface area contributed by atoms with Gasteiger partial charge in [-0.2, -0.15) is 0 Å². The van der Waals surface area contributed by atoms with E-state index in [-0.39, 0.29) is 43.2 Å². The average Bonchev–Trinajstić information content (AvgIpc) is 3.03. The van der Waals surface area contributed by atoms with Crippen LogP contribution in [0.3, 0.4) is 0 Å². The van der Waals surface area contributed by atoms with Crippen molar-refractivity contribution in [1.29, 1.82) is 0 Å². The summed E-state index contributed by atoms with van der Waals surface area (Å²) in [6.07, 6.45) is 4.89. The Balaban J connectivity index is -0.000000450. The monoisotopic (exact) mass is 661 g/mol. The minimum atomic E-state index is -0.892. The first kappa shape index (κ1) is 48.7. The Kier molecular flexibility index (Phi) is 37.4. The predicted molar refractivity (Wildman–Crippen MR) is 185 cm³/mol. The lowest BCUT2D eigenvalue weighted by molar-refractivity contribution is -0.131. The summed E-state index contributed by atoms with van der Waals surface area (Å²) in [5.74, 6) is -1.77. The number of unbranched alkanes of at least 4 members (excludes halogenated alkanes) is 1. The van der Waals surface area contributed by atoms with Gasteiger partial charge in [-0.3, -0.25) is 34.0 Å². The number of carbonyl (C=O) groups excluding carboxylic acids is 5. The van der Waals surface area contributed by atoms with E-state index in [0.29, 0.717) is 25.9 Å². The maximum absolute atomic E-state index is 12.2. The summed E-state index contributed by atoms with van der Waals surface area (Å²) in [4.78, 5) is 66.7. The van der Waals surface area contributed by atoms with Crippen LogP contribution in [0.25, 0.3) is 0 Å². The van der Waals surface area contributed by atoms with E-state index in [1.165, 1.54) is 6.92 Å². The number of guanidine groups is 2. The summed E-state index contributed by atoms with van der Waals surface area (Å²) in [6, 6.07) is -1.59. The van der Waals surface area contributed by atoms with E-state index in [2.05, 4.69) is 36.6 Å². The Morgan fingerprint density at radius 1 is 0.652 bits per heavy atom. The van der Waals surface area contributed by atoms with Crippen molar-refractivity contribution < 1.29 is 24.0 Å². The summed E-state index contributed by atoms with van der Waals surface area (Å²) in [6.45, 7) is 15.0. The van der Waals surface area contributed by atoms with Crippen LogP contribution in [0.15, 0.2) is 9.98 Å². The first-order valence-electron chi connectivity index (χ1n) is 16.0. The fourth-order valence-electron chi connectivity index (χ4n) is 2.84. The number of nitrogens with two attached hydrogens (primary N) is 5. The lowest BCUT2D eigenvalue weighted by atomic mass is 10.1. The van der Waals surface area contributed by atoms with Crippen LogP contribution in [-0.2, 0) is 24.0 Å². The molecule has 0 rings (SSSR count). The highest BCUT2D eigenvalue weighted by Crippen LogP contribution is 2.01. The predicted octanol–water partition coefficient (Wildman–Crippen LogP) is -1.36. The van der Waals surface area contributed by atoms with E-state index in [0.717, 1.165) is 38.8 Å². The van der Waals surface area contributed by atoms with Crippen LogP contribution in [-0.4, -0.2) is 92.8 Å². The zero-order chi connectivity index (χ0) is 36.3. The minimum Gasteiger partial charge on any atom is -0.370 e. The first-order valence-corrected chi connectivity index (χ1v) is 16.0. The second-order valence-electron chi connectivity index (χ2n) is 9.45. The average molecular weight is 661 g/mol. The normalized spacial score (nSPS) is 10.6. The maximum atomic E-state index is 12.2. The molecule has 270 valence electrons. The molecular formula is C29H64N12O5. The van der Waals surface area contributed by atoms with Gasteiger partial charge >= 0.3 is 0 Å². The highest BCUT2D eigenvalue weighted by Gasteiger charge is 2.21. The van der Waals surface area contributed by atoms with Crippen molar-refractivity contribution in [2.45, 2.75) is 105 Å². The fraction of sp³-hybridized carbons (Fsp3) is 0.759. The lowest BCUT2D eigenvalue weighted by Crippen LogP contribution is -2.52. The van der Waals surface area contributed by atoms with Crippen molar-refractivity contribution in [1.82, 2.24) is 26.6 Å². The summed E-state index contributed by atoms with van der Waals surface area (Å²) in [5, 5.41) is 12.6. The molecule has 15 N–H and O–H groups in total. The van der Waals surface area contributed by atoms with E-state index in [9.17, 15) is 24.0 Å². The summed E-state index contributed by atoms with van der Waals surface area (Å²) < 4.78 is 0. The van der Waals surface area contributed by atoms with Gasteiger partial charge < -0.3 is 55.3 Å². The molecule has 0 unspecified atom stereocenters. The molecule has 17 heteroatoms. The fourth-order valence-corrected chi connectivity index (χ4v) is 2.84. The van der Waals surface area contributed by atoms with Crippen molar-refractivity contribution in [3.63, 3.8) is 0 Å². The molecule has 0 aliphatic heterocycles. The molecule has 0 aliphatic carbocycles. The van der Waals surface area contributed by atoms with E-state index >= 15 is 0 Å². The Morgan fingerprint density at radius 2 is 1.15 bits per heavy atom. The van der Waals surface area contributed by atoms with Gasteiger partial charge in [0, 0.05) is 26.1 Å². The van der Waals surface area contributed by atoms with E-state index in [4.69, 9.17) is 28.7 Å². The minimum absolute atomic E-state index is 0.182. The van der Waals surface area contributed by atoms with Gasteiger partial charge in [-0.1, -0.05) is 41.5 Å². The van der Waals surface area contributed by atoms with Crippen molar-refractivity contribution in [2.75, 3.05) is 39.3 Å². The zero-order valence-corrected chi connectivity index (χ0v) is 29.2. The molecule has 2 atom stereocenters. The van der Waals surface area contributed by atoms with Crippen molar-refractivity contribution >= 4 is 41.5 Å². The molecule has 0 spiro atoms. The van der Waals surface area contributed by atoms with Crippen molar-refractivity contribution in [3.8, 4) is 0 Å². The largest absolute Gasteiger partial charge is 0.370 e. The number of amides is 5. The van der Waals surface area contributed by atoms with E-state index in [1.54, 1.807) is 6.92 Å². The number of hydrogen-bond donors (Lipinski definition) is 10. The maximum Gasteiger partial charge on any atom is 0.242 e. The number of rotatable bonds is 19. The van der Waals surface area contributed by atoms with Crippen LogP contribution in [0.4, 0.5) is 0 Å². The van der Waals surface area contributed by atoms with Crippen LogP contribution >= 0.6 is 0 Å². The molecule has 0 aliphatic rings. The van der Waals surface area contributed by atoms with Crippen molar-refractivity contribution in [2.24, 2.45) is 38.7 Å². The molecule has 0 saturated heterocycles. The second-order valence-corrected chi connectivity index (χ2v) is 9.45. The second kappa shape index (κ2) is 35.3. The number of aliphatic imine (C=N–C) groups is 2. The number of carbonyl (C=O) groups is 5. The van der Waals surface area contributed by atoms with Gasteiger partial charge in [-0.25, -0.2) is 0 Å². The van der Waals surface area contributed by atoms with E-state index in [1.807, 2.05) is 34.6 Å². The number of hydrogen-bond acceptors (Lipinski definition) is 8. The highest BCUT2D eigenvalue weighted by molar-refractivity contribution is 5.93. The summed E-state index contributed by atoms with van der Waals surface area (Å²) >= 11 is 0. The van der Waals surface area contributed by atoms with Crippen LogP contribution in [0.2, 0.25) is 0 Å². The number of nitrogens with one attached hydrogen (secondary N) is 5. The van der Waals surface area contributed by atoms with Gasteiger partial charge in [0.15, 0.2) is 11.9 Å². The Morgan fingerprint density at radius 3 is 1.57 bits per heavy atom. The van der Waals surface area contributed by atoms with Crippen LogP contribution in [0, 0.1) is 0 Å². The van der Waals surface area contributed by atoms with Gasteiger partial charge in [0.25, 0.3) is 0 Å². The highest BCUT2D eigenvalue weighted by atomic mass is 16.2. The molecule has 0 bridgehead atoms. The SMILES string of the molecule is CC.CCCN=C(N)N.CCCN=C(N)N.CCCNC(=O)[C@H](CCCCN)NC(=O)CNC(=O)[C@H](C)NC(=O)CNC(=O)CC. The lowest BCUT2D eigenvalue weighted by Gasteiger charge is -2.19. The number of nitrogens with zero attached hydrogens (tertiary/aromatic N) is 2. The molecule has 17 nitrogen and oxygen atoms in total. The van der Waals surface area contributed by atoms with Gasteiger partial charge in [0.2, 0.25) is 29.5 Å². The topological polar surface area (TPSA) is 300 Å². The molecule has 0 aromatic carbocycles. The third-order valence-corrected chi connectivity index (χ3v) is 5.15. The van der Waals surface area contributed by atoms with Gasteiger partial charge in [0.05, 0.1) is 13.1 Å². The Labute approximate surface area is 275 Å². The molecule has 0 heterocycles.